The van der Waals surface area contributed by atoms with E-state index in [1.54, 1.807) is 12.1 Å². The van der Waals surface area contributed by atoms with E-state index < -0.39 is 0 Å². The summed E-state index contributed by atoms with van der Waals surface area (Å²) in [5.41, 5.74) is 3.88. The highest BCUT2D eigenvalue weighted by Crippen LogP contribution is 2.38. The van der Waals surface area contributed by atoms with Gasteiger partial charge in [-0.2, -0.15) is 0 Å². The van der Waals surface area contributed by atoms with Crippen LogP contribution in [0.15, 0.2) is 54.7 Å². The molecule has 0 saturated carbocycles. The molecule has 0 unspecified atom stereocenters. The Morgan fingerprint density at radius 1 is 1.23 bits per heavy atom. The molecular weight excluding hydrogens is 394 g/mol. The first kappa shape index (κ1) is 20.7. The highest BCUT2D eigenvalue weighted by Gasteiger charge is 2.25. The molecule has 1 aliphatic heterocycles. The molecule has 31 heavy (non-hydrogen) atoms. The molecule has 0 spiro atoms. The molecule has 1 aromatic heterocycles. The number of fused-ring (bicyclic) bond motifs is 1. The molecule has 2 N–H and O–H groups in total. The van der Waals surface area contributed by atoms with Gasteiger partial charge in [0.15, 0.2) is 5.75 Å². The van der Waals surface area contributed by atoms with Crippen molar-refractivity contribution in [1.29, 1.82) is 0 Å². The molecule has 0 saturated heterocycles. The zero-order valence-corrected chi connectivity index (χ0v) is 17.6. The van der Waals surface area contributed by atoms with Crippen LogP contribution in [-0.2, 0) is 0 Å². The molecule has 0 fully saturated rings. The summed E-state index contributed by atoms with van der Waals surface area (Å²) >= 11 is 0. The fraction of sp³-hybridized carbons (Fsp3) is 0.250. The molecule has 0 bridgehead atoms. The highest BCUT2D eigenvalue weighted by molar-refractivity contribution is 6.07. The molecule has 1 amide bonds. The van der Waals surface area contributed by atoms with Gasteiger partial charge in [-0.1, -0.05) is 18.2 Å². The number of carbonyl (C=O) groups is 1. The normalized spacial score (nSPS) is 12.7. The summed E-state index contributed by atoms with van der Waals surface area (Å²) < 4.78 is 11.4. The van der Waals surface area contributed by atoms with Crippen molar-refractivity contribution >= 4 is 23.1 Å². The topological polar surface area (TPSA) is 83.9 Å². The number of aliphatic hydroxyl groups is 1. The van der Waals surface area contributed by atoms with E-state index in [0.717, 1.165) is 22.6 Å². The van der Waals surface area contributed by atoms with Crippen molar-refractivity contribution < 1.29 is 19.4 Å². The molecule has 7 heteroatoms. The maximum Gasteiger partial charge on any atom is 0.259 e. The van der Waals surface area contributed by atoms with Gasteiger partial charge in [-0.3, -0.25) is 4.79 Å². The maximum atomic E-state index is 13.1. The van der Waals surface area contributed by atoms with E-state index in [1.165, 1.54) is 0 Å². The van der Waals surface area contributed by atoms with Crippen LogP contribution in [0.1, 0.15) is 21.5 Å². The number of para-hydroxylation sites is 1. The van der Waals surface area contributed by atoms with E-state index in [1.807, 2.05) is 56.4 Å². The van der Waals surface area contributed by atoms with Gasteiger partial charge in [-0.05, 0) is 49.2 Å². The van der Waals surface area contributed by atoms with Gasteiger partial charge < -0.3 is 24.8 Å². The van der Waals surface area contributed by atoms with E-state index >= 15 is 0 Å². The maximum absolute atomic E-state index is 13.1. The van der Waals surface area contributed by atoms with Crippen molar-refractivity contribution in [3.05, 3.63) is 71.4 Å². The van der Waals surface area contributed by atoms with E-state index in [0.29, 0.717) is 35.9 Å². The summed E-state index contributed by atoms with van der Waals surface area (Å²) in [5.74, 6) is 1.71. The van der Waals surface area contributed by atoms with Gasteiger partial charge in [0, 0.05) is 18.0 Å². The number of pyridine rings is 1. The predicted octanol–water partition coefficient (Wildman–Crippen LogP) is 3.85. The van der Waals surface area contributed by atoms with Crippen LogP contribution >= 0.6 is 0 Å². The van der Waals surface area contributed by atoms with Gasteiger partial charge in [0.25, 0.3) is 5.91 Å². The van der Waals surface area contributed by atoms with Crippen LogP contribution in [0.3, 0.4) is 0 Å². The van der Waals surface area contributed by atoms with Crippen LogP contribution in [0.5, 0.6) is 11.5 Å². The fourth-order valence-electron chi connectivity index (χ4n) is 3.47. The largest absolute Gasteiger partial charge is 0.491 e. The first-order valence-corrected chi connectivity index (χ1v) is 10.2. The number of ether oxygens (including phenoxy) is 2. The third-order valence-electron chi connectivity index (χ3n) is 5.06. The van der Waals surface area contributed by atoms with Crippen LogP contribution in [0, 0.1) is 13.8 Å². The van der Waals surface area contributed by atoms with Gasteiger partial charge in [0.1, 0.15) is 24.8 Å². The number of amides is 1. The minimum Gasteiger partial charge on any atom is -0.491 e. The van der Waals surface area contributed by atoms with Crippen LogP contribution in [0.2, 0.25) is 0 Å². The number of nitrogens with one attached hydrogen (secondary N) is 1. The highest BCUT2D eigenvalue weighted by atomic mass is 16.5. The zero-order valence-electron chi connectivity index (χ0n) is 17.6. The third-order valence-corrected chi connectivity index (χ3v) is 5.06. The summed E-state index contributed by atoms with van der Waals surface area (Å²) in [6, 6.07) is 14.9. The standard InChI is InChI=1S/C24H25N3O4/c1-16-6-9-22(25-15-16)27-10-12-31-23-19(4-3-5-20(23)27)24(29)26-18-8-7-17(2)21(14-18)30-13-11-28/h3-9,14-15,28H,10-13H2,1-2H3,(H,26,29). The minimum atomic E-state index is -0.271. The second kappa shape index (κ2) is 9.06. The lowest BCUT2D eigenvalue weighted by Gasteiger charge is -2.31. The minimum absolute atomic E-state index is 0.0736. The van der Waals surface area contributed by atoms with E-state index in [2.05, 4.69) is 15.2 Å². The summed E-state index contributed by atoms with van der Waals surface area (Å²) in [6.07, 6.45) is 1.83. The first-order chi connectivity index (χ1) is 15.1. The lowest BCUT2D eigenvalue weighted by molar-refractivity contribution is 0.102. The Morgan fingerprint density at radius 2 is 2.10 bits per heavy atom. The van der Waals surface area contributed by atoms with E-state index in [-0.39, 0.29) is 19.1 Å². The smallest absolute Gasteiger partial charge is 0.259 e. The molecule has 0 atom stereocenters. The summed E-state index contributed by atoms with van der Waals surface area (Å²) in [5, 5.41) is 11.9. The number of aliphatic hydroxyl groups excluding tert-OH is 1. The van der Waals surface area contributed by atoms with E-state index in [9.17, 15) is 4.79 Å². The monoisotopic (exact) mass is 419 g/mol. The Bertz CT molecular complexity index is 1080. The van der Waals surface area contributed by atoms with Gasteiger partial charge in [-0.25, -0.2) is 4.98 Å². The number of hydrogen-bond donors (Lipinski definition) is 2. The average molecular weight is 419 g/mol. The van der Waals surface area contributed by atoms with Crippen LogP contribution in [0.25, 0.3) is 0 Å². The van der Waals surface area contributed by atoms with Crippen LogP contribution in [0.4, 0.5) is 17.2 Å². The Labute approximate surface area is 181 Å². The molecule has 3 aromatic rings. The summed E-state index contributed by atoms with van der Waals surface area (Å²) in [6.45, 7) is 5.14. The number of aromatic nitrogens is 1. The van der Waals surface area contributed by atoms with Crippen molar-refractivity contribution in [3.8, 4) is 11.5 Å². The van der Waals surface area contributed by atoms with Crippen LogP contribution in [-0.4, -0.2) is 42.4 Å². The molecule has 0 aliphatic carbocycles. The SMILES string of the molecule is Cc1ccc(N2CCOc3c(C(=O)Nc4ccc(C)c(OCCO)c4)cccc32)nc1. The number of nitrogens with zero attached hydrogens (tertiary/aromatic N) is 2. The Morgan fingerprint density at radius 3 is 2.87 bits per heavy atom. The molecule has 1 aliphatic rings. The quantitative estimate of drug-likeness (QED) is 0.631. The van der Waals surface area contributed by atoms with Gasteiger partial charge in [-0.15, -0.1) is 0 Å². The van der Waals surface area contributed by atoms with Crippen molar-refractivity contribution in [3.63, 3.8) is 0 Å². The molecule has 4 rings (SSSR count). The number of anilines is 3. The van der Waals surface area contributed by atoms with Crippen molar-refractivity contribution in [1.82, 2.24) is 4.98 Å². The number of hydrogen-bond acceptors (Lipinski definition) is 6. The van der Waals surface area contributed by atoms with E-state index in [4.69, 9.17) is 14.6 Å². The Kier molecular flexibility index (Phi) is 6.04. The number of aryl methyl sites for hydroxylation is 2. The second-order valence-corrected chi connectivity index (χ2v) is 7.35. The lowest BCUT2D eigenvalue weighted by Crippen LogP contribution is -2.30. The number of rotatable bonds is 6. The third kappa shape index (κ3) is 4.46. The molecule has 160 valence electrons. The summed E-state index contributed by atoms with van der Waals surface area (Å²) in [7, 11) is 0. The van der Waals surface area contributed by atoms with Crippen molar-refractivity contribution in [2.45, 2.75) is 13.8 Å². The summed E-state index contributed by atoms with van der Waals surface area (Å²) in [4.78, 5) is 19.7. The Hall–Kier alpha value is -3.58. The van der Waals surface area contributed by atoms with Crippen LogP contribution < -0.4 is 19.7 Å². The molecular formula is C24H25N3O4. The van der Waals surface area contributed by atoms with Crippen molar-refractivity contribution in [2.24, 2.45) is 0 Å². The van der Waals surface area contributed by atoms with Gasteiger partial charge >= 0.3 is 0 Å². The first-order valence-electron chi connectivity index (χ1n) is 10.2. The molecule has 7 nitrogen and oxygen atoms in total. The Balaban J connectivity index is 1.60. The molecule has 2 aromatic carbocycles. The average Bonchev–Trinajstić information content (AvgIpc) is 2.79. The van der Waals surface area contributed by atoms with Gasteiger partial charge in [0.2, 0.25) is 0 Å². The van der Waals surface area contributed by atoms with Gasteiger partial charge in [0.05, 0.1) is 24.4 Å². The predicted molar refractivity (Wildman–Crippen MR) is 120 cm³/mol. The van der Waals surface area contributed by atoms with Crippen molar-refractivity contribution in [2.75, 3.05) is 36.6 Å². The number of benzene rings is 2. The number of carbonyl (C=O) groups excluding carboxylic acids is 1. The fourth-order valence-corrected chi connectivity index (χ4v) is 3.47. The second-order valence-electron chi connectivity index (χ2n) is 7.35. The lowest BCUT2D eigenvalue weighted by atomic mass is 10.1. The molecule has 0 radical (unpaired) electrons. The zero-order chi connectivity index (χ0) is 21.8. The molecule has 2 heterocycles.